The van der Waals surface area contributed by atoms with E-state index in [-0.39, 0.29) is 6.04 Å². The molecule has 0 aliphatic carbocycles. The van der Waals surface area contributed by atoms with Gasteiger partial charge in [-0.25, -0.2) is 5.43 Å². The van der Waals surface area contributed by atoms with Gasteiger partial charge in [0.25, 0.3) is 0 Å². The first kappa shape index (κ1) is 11.8. The van der Waals surface area contributed by atoms with Gasteiger partial charge in [-0.15, -0.1) is 0 Å². The third kappa shape index (κ3) is 2.35. The second-order valence-electron chi connectivity index (χ2n) is 3.95. The number of pyridine rings is 1. The number of hydrogen-bond donors (Lipinski definition) is 2. The fourth-order valence-corrected chi connectivity index (χ4v) is 1.93. The first-order valence-electron chi connectivity index (χ1n) is 5.64. The van der Waals surface area contributed by atoms with Crippen molar-refractivity contribution in [1.29, 1.82) is 0 Å². The molecule has 0 bridgehead atoms. The summed E-state index contributed by atoms with van der Waals surface area (Å²) in [6.07, 6.45) is 6.47. The van der Waals surface area contributed by atoms with E-state index in [2.05, 4.69) is 28.5 Å². The van der Waals surface area contributed by atoms with Crippen LogP contribution in [-0.4, -0.2) is 14.8 Å². The maximum absolute atomic E-state index is 5.64. The van der Waals surface area contributed by atoms with Crippen molar-refractivity contribution in [3.8, 4) is 0 Å². The van der Waals surface area contributed by atoms with Gasteiger partial charge in [-0.2, -0.15) is 5.10 Å². The molecule has 3 N–H and O–H groups in total. The molecule has 0 radical (unpaired) electrons. The first-order valence-corrected chi connectivity index (χ1v) is 5.64. The van der Waals surface area contributed by atoms with Crippen molar-refractivity contribution >= 4 is 0 Å². The average molecular weight is 231 g/mol. The summed E-state index contributed by atoms with van der Waals surface area (Å²) in [5.41, 5.74) is 5.98. The van der Waals surface area contributed by atoms with Crippen molar-refractivity contribution in [1.82, 2.24) is 20.2 Å². The molecule has 0 amide bonds. The standard InChI is InChI=1S/C12H17N5/c1-3-9-5-4-6-14-11(9)12(16-13)10-7-15-17(2)8-10/h4-8,12,16H,3,13H2,1-2H3. The molecule has 5 heteroatoms. The lowest BCUT2D eigenvalue weighted by Crippen LogP contribution is -2.30. The summed E-state index contributed by atoms with van der Waals surface area (Å²) in [5.74, 6) is 5.64. The summed E-state index contributed by atoms with van der Waals surface area (Å²) in [6, 6.07) is 3.90. The predicted octanol–water partition coefficient (Wildman–Crippen LogP) is 0.930. The second kappa shape index (κ2) is 5.07. The van der Waals surface area contributed by atoms with Crippen LogP contribution in [-0.2, 0) is 13.5 Å². The smallest absolute Gasteiger partial charge is 0.0914 e. The predicted molar refractivity (Wildman–Crippen MR) is 66.0 cm³/mol. The zero-order valence-electron chi connectivity index (χ0n) is 10.1. The Balaban J connectivity index is 2.41. The van der Waals surface area contributed by atoms with Crippen LogP contribution in [0.25, 0.3) is 0 Å². The van der Waals surface area contributed by atoms with Crippen molar-refractivity contribution in [2.45, 2.75) is 19.4 Å². The van der Waals surface area contributed by atoms with Gasteiger partial charge in [0, 0.05) is 25.0 Å². The Bertz CT molecular complexity index is 491. The van der Waals surface area contributed by atoms with E-state index in [1.807, 2.05) is 19.3 Å². The van der Waals surface area contributed by atoms with Crippen LogP contribution in [0, 0.1) is 0 Å². The molecule has 2 heterocycles. The van der Waals surface area contributed by atoms with Gasteiger partial charge in [0.1, 0.15) is 0 Å². The molecule has 0 saturated heterocycles. The highest BCUT2D eigenvalue weighted by molar-refractivity contribution is 5.30. The maximum Gasteiger partial charge on any atom is 0.0914 e. The Kier molecular flexibility index (Phi) is 3.51. The molecule has 0 fully saturated rings. The van der Waals surface area contributed by atoms with Crippen molar-refractivity contribution in [2.24, 2.45) is 12.9 Å². The lowest BCUT2D eigenvalue weighted by atomic mass is 10.0. The van der Waals surface area contributed by atoms with Crippen molar-refractivity contribution < 1.29 is 0 Å². The number of aryl methyl sites for hydroxylation is 2. The Labute approximate surface area is 101 Å². The minimum atomic E-state index is -0.111. The van der Waals surface area contributed by atoms with E-state index in [0.29, 0.717) is 0 Å². The molecule has 1 unspecified atom stereocenters. The zero-order chi connectivity index (χ0) is 12.3. The number of nitrogens with one attached hydrogen (secondary N) is 1. The van der Waals surface area contributed by atoms with E-state index in [4.69, 9.17) is 5.84 Å². The number of hydrogen-bond acceptors (Lipinski definition) is 4. The largest absolute Gasteiger partial charge is 0.275 e. The minimum absolute atomic E-state index is 0.111. The van der Waals surface area contributed by atoms with Crippen LogP contribution in [0.3, 0.4) is 0 Å². The monoisotopic (exact) mass is 231 g/mol. The van der Waals surface area contributed by atoms with Crippen LogP contribution in [0.1, 0.15) is 29.8 Å². The van der Waals surface area contributed by atoms with Gasteiger partial charge in [-0.3, -0.25) is 15.5 Å². The number of hydrazine groups is 1. The van der Waals surface area contributed by atoms with Gasteiger partial charge < -0.3 is 0 Å². The maximum atomic E-state index is 5.64. The highest BCUT2D eigenvalue weighted by atomic mass is 15.3. The molecule has 2 aromatic rings. The van der Waals surface area contributed by atoms with Crippen LogP contribution >= 0.6 is 0 Å². The summed E-state index contributed by atoms with van der Waals surface area (Å²) < 4.78 is 1.76. The molecule has 2 rings (SSSR count). The number of rotatable bonds is 4. The van der Waals surface area contributed by atoms with Crippen LogP contribution in [0.15, 0.2) is 30.7 Å². The van der Waals surface area contributed by atoms with Crippen LogP contribution in [0.4, 0.5) is 0 Å². The molecular formula is C12H17N5. The molecule has 0 aromatic carbocycles. The summed E-state index contributed by atoms with van der Waals surface area (Å²) in [6.45, 7) is 2.11. The second-order valence-corrected chi connectivity index (χ2v) is 3.95. The SMILES string of the molecule is CCc1cccnc1C(NN)c1cnn(C)c1. The molecular weight excluding hydrogens is 214 g/mol. The van der Waals surface area contributed by atoms with Gasteiger partial charge in [0.05, 0.1) is 17.9 Å². The number of nitrogens with two attached hydrogens (primary N) is 1. The third-order valence-electron chi connectivity index (χ3n) is 2.81. The van der Waals surface area contributed by atoms with Crippen molar-refractivity contribution in [3.63, 3.8) is 0 Å². The molecule has 5 nitrogen and oxygen atoms in total. The van der Waals surface area contributed by atoms with Crippen LogP contribution in [0.2, 0.25) is 0 Å². The van der Waals surface area contributed by atoms with E-state index in [1.165, 1.54) is 5.56 Å². The molecule has 1 atom stereocenters. The highest BCUT2D eigenvalue weighted by Gasteiger charge is 2.17. The minimum Gasteiger partial charge on any atom is -0.275 e. The fourth-order valence-electron chi connectivity index (χ4n) is 1.93. The first-order chi connectivity index (χ1) is 8.26. The van der Waals surface area contributed by atoms with Crippen molar-refractivity contribution in [3.05, 3.63) is 47.5 Å². The summed E-state index contributed by atoms with van der Waals surface area (Å²) in [7, 11) is 1.89. The van der Waals surface area contributed by atoms with Gasteiger partial charge in [-0.05, 0) is 18.1 Å². The zero-order valence-corrected chi connectivity index (χ0v) is 10.1. The Hall–Kier alpha value is -1.72. The Morgan fingerprint density at radius 1 is 1.53 bits per heavy atom. The fraction of sp³-hybridized carbons (Fsp3) is 0.333. The molecule has 17 heavy (non-hydrogen) atoms. The summed E-state index contributed by atoms with van der Waals surface area (Å²) in [4.78, 5) is 4.43. The molecule has 0 aliphatic rings. The molecule has 0 saturated carbocycles. The summed E-state index contributed by atoms with van der Waals surface area (Å²) in [5, 5.41) is 4.16. The van der Waals surface area contributed by atoms with Gasteiger partial charge >= 0.3 is 0 Å². The lowest BCUT2D eigenvalue weighted by Gasteiger charge is -2.16. The van der Waals surface area contributed by atoms with E-state index < -0.39 is 0 Å². The average Bonchev–Trinajstić information content (AvgIpc) is 2.77. The van der Waals surface area contributed by atoms with E-state index in [9.17, 15) is 0 Å². The summed E-state index contributed by atoms with van der Waals surface area (Å²) >= 11 is 0. The number of nitrogens with zero attached hydrogens (tertiary/aromatic N) is 3. The lowest BCUT2D eigenvalue weighted by molar-refractivity contribution is 0.613. The van der Waals surface area contributed by atoms with Gasteiger partial charge in [0.2, 0.25) is 0 Å². The third-order valence-corrected chi connectivity index (χ3v) is 2.81. The van der Waals surface area contributed by atoms with Gasteiger partial charge in [0.15, 0.2) is 0 Å². The molecule has 90 valence electrons. The van der Waals surface area contributed by atoms with E-state index in [1.54, 1.807) is 17.1 Å². The highest BCUT2D eigenvalue weighted by Crippen LogP contribution is 2.22. The van der Waals surface area contributed by atoms with E-state index >= 15 is 0 Å². The normalized spacial score (nSPS) is 12.6. The Morgan fingerprint density at radius 3 is 2.94 bits per heavy atom. The van der Waals surface area contributed by atoms with Gasteiger partial charge in [-0.1, -0.05) is 13.0 Å². The quantitative estimate of drug-likeness (QED) is 0.606. The molecule has 0 spiro atoms. The topological polar surface area (TPSA) is 68.8 Å². The van der Waals surface area contributed by atoms with Crippen molar-refractivity contribution in [2.75, 3.05) is 0 Å². The molecule has 2 aromatic heterocycles. The molecule has 0 aliphatic heterocycles. The van der Waals surface area contributed by atoms with Crippen LogP contribution in [0.5, 0.6) is 0 Å². The number of aromatic nitrogens is 3. The Morgan fingerprint density at radius 2 is 2.35 bits per heavy atom. The van der Waals surface area contributed by atoms with Crippen LogP contribution < -0.4 is 11.3 Å². The van der Waals surface area contributed by atoms with E-state index in [0.717, 1.165) is 17.7 Å².